The van der Waals surface area contributed by atoms with Crippen LogP contribution in [-0.4, -0.2) is 18.7 Å². The summed E-state index contributed by atoms with van der Waals surface area (Å²) in [7, 11) is 0. The third-order valence-corrected chi connectivity index (χ3v) is 3.83. The van der Waals surface area contributed by atoms with Crippen molar-refractivity contribution in [3.63, 3.8) is 0 Å². The van der Waals surface area contributed by atoms with Gasteiger partial charge in [0.2, 0.25) is 5.91 Å². The molecular formula is C21H23ClN2O2. The molecule has 0 radical (unpaired) electrons. The SMILES string of the molecule is CC(/C=N/NC(=O)CCCOc1ccc(Cl)cc1C)=C\c1ccccc1. The summed E-state index contributed by atoms with van der Waals surface area (Å²) in [6.45, 7) is 4.34. The monoisotopic (exact) mass is 370 g/mol. The van der Waals surface area contributed by atoms with E-state index < -0.39 is 0 Å². The molecule has 2 aromatic rings. The summed E-state index contributed by atoms with van der Waals surface area (Å²) < 4.78 is 5.67. The number of ether oxygens (including phenoxy) is 1. The van der Waals surface area contributed by atoms with Crippen molar-refractivity contribution in [2.24, 2.45) is 5.10 Å². The summed E-state index contributed by atoms with van der Waals surface area (Å²) in [5.41, 5.74) is 5.56. The van der Waals surface area contributed by atoms with E-state index in [1.54, 1.807) is 12.3 Å². The van der Waals surface area contributed by atoms with Crippen LogP contribution in [0.15, 0.2) is 59.2 Å². The summed E-state index contributed by atoms with van der Waals surface area (Å²) in [4.78, 5) is 11.8. The highest BCUT2D eigenvalue weighted by molar-refractivity contribution is 6.30. The predicted octanol–water partition coefficient (Wildman–Crippen LogP) is 5.01. The van der Waals surface area contributed by atoms with Crippen molar-refractivity contribution < 1.29 is 9.53 Å². The zero-order chi connectivity index (χ0) is 18.8. The molecule has 0 aliphatic rings. The molecule has 4 nitrogen and oxygen atoms in total. The maximum absolute atomic E-state index is 11.8. The number of benzene rings is 2. The highest BCUT2D eigenvalue weighted by Crippen LogP contribution is 2.21. The molecule has 5 heteroatoms. The summed E-state index contributed by atoms with van der Waals surface area (Å²) in [5.74, 6) is 0.652. The number of carbonyl (C=O) groups excluding carboxylic acids is 1. The molecule has 0 saturated heterocycles. The van der Waals surface area contributed by atoms with Crippen LogP contribution in [0.25, 0.3) is 6.08 Å². The number of hydrogen-bond acceptors (Lipinski definition) is 3. The van der Waals surface area contributed by atoms with E-state index in [9.17, 15) is 4.79 Å². The number of nitrogens with zero attached hydrogens (tertiary/aromatic N) is 1. The van der Waals surface area contributed by atoms with Crippen molar-refractivity contribution in [2.75, 3.05) is 6.61 Å². The molecule has 26 heavy (non-hydrogen) atoms. The number of allylic oxidation sites excluding steroid dienone is 1. The van der Waals surface area contributed by atoms with Crippen LogP contribution in [0.4, 0.5) is 0 Å². The fourth-order valence-corrected chi connectivity index (χ4v) is 2.53. The predicted molar refractivity (Wildman–Crippen MR) is 108 cm³/mol. The Morgan fingerprint density at radius 3 is 2.73 bits per heavy atom. The van der Waals surface area contributed by atoms with Gasteiger partial charge in [0.05, 0.1) is 12.8 Å². The highest BCUT2D eigenvalue weighted by atomic mass is 35.5. The van der Waals surface area contributed by atoms with E-state index in [2.05, 4.69) is 10.5 Å². The van der Waals surface area contributed by atoms with Gasteiger partial charge in [0.15, 0.2) is 0 Å². The molecule has 0 atom stereocenters. The second-order valence-electron chi connectivity index (χ2n) is 5.95. The molecule has 0 aliphatic carbocycles. The molecule has 0 aromatic heterocycles. The summed E-state index contributed by atoms with van der Waals surface area (Å²) in [6, 6.07) is 15.4. The Balaban J connectivity index is 1.68. The summed E-state index contributed by atoms with van der Waals surface area (Å²) in [5, 5.41) is 4.66. The molecule has 0 fully saturated rings. The summed E-state index contributed by atoms with van der Waals surface area (Å²) >= 11 is 5.91. The van der Waals surface area contributed by atoms with E-state index >= 15 is 0 Å². The lowest BCUT2D eigenvalue weighted by Gasteiger charge is -2.08. The molecule has 2 rings (SSSR count). The van der Waals surface area contributed by atoms with Gasteiger partial charge in [-0.1, -0.05) is 48.0 Å². The molecule has 0 spiro atoms. The Labute approximate surface area is 159 Å². The first-order chi connectivity index (χ1) is 12.5. The molecule has 0 saturated carbocycles. The molecule has 1 amide bonds. The minimum Gasteiger partial charge on any atom is -0.493 e. The van der Waals surface area contributed by atoms with Crippen molar-refractivity contribution in [2.45, 2.75) is 26.7 Å². The van der Waals surface area contributed by atoms with Gasteiger partial charge < -0.3 is 4.74 Å². The van der Waals surface area contributed by atoms with E-state index in [1.165, 1.54) is 0 Å². The molecule has 0 heterocycles. The van der Waals surface area contributed by atoms with E-state index in [0.717, 1.165) is 22.4 Å². The molecule has 2 aromatic carbocycles. The van der Waals surface area contributed by atoms with Crippen LogP contribution >= 0.6 is 11.6 Å². The molecule has 0 aliphatic heterocycles. The van der Waals surface area contributed by atoms with Crippen LogP contribution in [0.1, 0.15) is 30.9 Å². The molecule has 136 valence electrons. The van der Waals surface area contributed by atoms with E-state index in [1.807, 2.05) is 62.4 Å². The average Bonchev–Trinajstić information content (AvgIpc) is 2.61. The topological polar surface area (TPSA) is 50.7 Å². The Hall–Kier alpha value is -2.59. The second kappa shape index (κ2) is 10.4. The fourth-order valence-electron chi connectivity index (χ4n) is 2.30. The normalized spacial score (nSPS) is 11.6. The lowest BCUT2D eigenvalue weighted by Crippen LogP contribution is -2.18. The number of rotatable bonds is 8. The van der Waals surface area contributed by atoms with Crippen LogP contribution in [0.2, 0.25) is 5.02 Å². The zero-order valence-electron chi connectivity index (χ0n) is 15.0. The smallest absolute Gasteiger partial charge is 0.240 e. The number of halogens is 1. The third-order valence-electron chi connectivity index (χ3n) is 3.59. The number of nitrogens with one attached hydrogen (secondary N) is 1. The maximum Gasteiger partial charge on any atom is 0.240 e. The fraction of sp³-hybridized carbons (Fsp3) is 0.238. The molecule has 0 unspecified atom stereocenters. The number of aryl methyl sites for hydroxylation is 1. The quantitative estimate of drug-likeness (QED) is 0.403. The van der Waals surface area contributed by atoms with E-state index in [-0.39, 0.29) is 5.91 Å². The number of amides is 1. The van der Waals surface area contributed by atoms with Gasteiger partial charge in [0.1, 0.15) is 5.75 Å². The molecule has 0 bridgehead atoms. The van der Waals surface area contributed by atoms with Crippen molar-refractivity contribution in [3.8, 4) is 5.75 Å². The van der Waals surface area contributed by atoms with Gasteiger partial charge in [0.25, 0.3) is 0 Å². The number of hydrazone groups is 1. The summed E-state index contributed by atoms with van der Waals surface area (Å²) in [6.07, 6.45) is 4.60. The zero-order valence-corrected chi connectivity index (χ0v) is 15.8. The van der Waals surface area contributed by atoms with Crippen LogP contribution in [0.5, 0.6) is 5.75 Å². The Morgan fingerprint density at radius 2 is 2.00 bits per heavy atom. The van der Waals surface area contributed by atoms with Gasteiger partial charge in [-0.2, -0.15) is 5.10 Å². The first kappa shape index (κ1) is 19.7. The van der Waals surface area contributed by atoms with Gasteiger partial charge in [-0.25, -0.2) is 5.43 Å². The van der Waals surface area contributed by atoms with Crippen LogP contribution in [0, 0.1) is 6.92 Å². The first-order valence-electron chi connectivity index (χ1n) is 8.49. The lowest BCUT2D eigenvalue weighted by molar-refractivity contribution is -0.121. The van der Waals surface area contributed by atoms with E-state index in [4.69, 9.17) is 16.3 Å². The Morgan fingerprint density at radius 1 is 1.23 bits per heavy atom. The van der Waals surface area contributed by atoms with Crippen LogP contribution in [-0.2, 0) is 4.79 Å². The standard InChI is InChI=1S/C21H23ClN2O2/c1-16(13-18-7-4-3-5-8-18)15-23-24-21(25)9-6-12-26-20-11-10-19(22)14-17(20)2/h3-5,7-8,10-11,13-15H,6,9,12H2,1-2H3,(H,24,25)/b16-13+,23-15+. The highest BCUT2D eigenvalue weighted by Gasteiger charge is 2.02. The van der Waals surface area contributed by atoms with Crippen LogP contribution in [0.3, 0.4) is 0 Å². The van der Waals surface area contributed by atoms with Crippen molar-refractivity contribution in [3.05, 3.63) is 70.3 Å². The van der Waals surface area contributed by atoms with Gasteiger partial charge in [-0.05, 0) is 55.2 Å². The van der Waals surface area contributed by atoms with Gasteiger partial charge in [-0.3, -0.25) is 4.79 Å². The number of hydrogen-bond donors (Lipinski definition) is 1. The third kappa shape index (κ3) is 7.11. The van der Waals surface area contributed by atoms with Crippen molar-refractivity contribution in [1.29, 1.82) is 0 Å². The van der Waals surface area contributed by atoms with Gasteiger partial charge in [0, 0.05) is 11.4 Å². The minimum atomic E-state index is -0.134. The maximum atomic E-state index is 11.8. The van der Waals surface area contributed by atoms with Gasteiger partial charge >= 0.3 is 0 Å². The van der Waals surface area contributed by atoms with Crippen molar-refractivity contribution >= 4 is 29.8 Å². The molecule has 1 N–H and O–H groups in total. The number of carbonyl (C=O) groups is 1. The lowest BCUT2D eigenvalue weighted by atomic mass is 10.1. The van der Waals surface area contributed by atoms with Crippen LogP contribution < -0.4 is 10.2 Å². The minimum absolute atomic E-state index is 0.134. The van der Waals surface area contributed by atoms with Gasteiger partial charge in [-0.15, -0.1) is 0 Å². The molecular weight excluding hydrogens is 348 g/mol. The average molecular weight is 371 g/mol. The Kier molecular flexibility index (Phi) is 7.90. The van der Waals surface area contributed by atoms with E-state index in [0.29, 0.717) is 24.5 Å². The van der Waals surface area contributed by atoms with Crippen molar-refractivity contribution in [1.82, 2.24) is 5.43 Å². The second-order valence-corrected chi connectivity index (χ2v) is 6.39. The Bertz CT molecular complexity index is 786. The largest absolute Gasteiger partial charge is 0.493 e. The first-order valence-corrected chi connectivity index (χ1v) is 8.86.